The van der Waals surface area contributed by atoms with Gasteiger partial charge < -0.3 is 15.2 Å². The lowest BCUT2D eigenvalue weighted by Crippen LogP contribution is -2.14. The standard InChI is InChI=1S/C25H22ClN3O2/c1-17(30)27-21-10-12-22(13-11-21)28-25(31)14-19-16-29(24-5-3-2-4-23(19)24)15-18-6-8-20(26)9-7-18/h2-13,16H,14-15H2,1H3,(H,27,30)(H,28,31). The van der Waals surface area contributed by atoms with E-state index in [-0.39, 0.29) is 18.2 Å². The minimum absolute atomic E-state index is 0.0957. The van der Waals surface area contributed by atoms with Crippen molar-refractivity contribution in [3.05, 3.63) is 95.1 Å². The smallest absolute Gasteiger partial charge is 0.228 e. The first-order valence-electron chi connectivity index (χ1n) is 9.96. The minimum atomic E-state index is -0.133. The van der Waals surface area contributed by atoms with E-state index in [9.17, 15) is 9.59 Å². The number of para-hydroxylation sites is 1. The van der Waals surface area contributed by atoms with Crippen LogP contribution >= 0.6 is 11.6 Å². The molecule has 1 aromatic heterocycles. The van der Waals surface area contributed by atoms with Crippen LogP contribution in [0.4, 0.5) is 11.4 Å². The van der Waals surface area contributed by atoms with Crippen molar-refractivity contribution in [3.63, 3.8) is 0 Å². The number of aromatic nitrogens is 1. The number of carbonyl (C=O) groups is 2. The zero-order valence-corrected chi connectivity index (χ0v) is 17.8. The molecular weight excluding hydrogens is 410 g/mol. The lowest BCUT2D eigenvalue weighted by molar-refractivity contribution is -0.116. The number of hydrogen-bond acceptors (Lipinski definition) is 2. The summed E-state index contributed by atoms with van der Waals surface area (Å²) in [6.45, 7) is 2.16. The quantitative estimate of drug-likeness (QED) is 0.424. The third kappa shape index (κ3) is 5.13. The van der Waals surface area contributed by atoms with Crippen molar-refractivity contribution in [1.29, 1.82) is 0 Å². The van der Waals surface area contributed by atoms with Gasteiger partial charge in [0.15, 0.2) is 0 Å². The second kappa shape index (κ2) is 9.06. The number of nitrogens with one attached hydrogen (secondary N) is 2. The average molecular weight is 432 g/mol. The highest BCUT2D eigenvalue weighted by Gasteiger charge is 2.12. The number of nitrogens with zero attached hydrogens (tertiary/aromatic N) is 1. The molecule has 156 valence electrons. The summed E-state index contributed by atoms with van der Waals surface area (Å²) in [6.07, 6.45) is 2.31. The van der Waals surface area contributed by atoms with Crippen molar-refractivity contribution < 1.29 is 9.59 Å². The molecule has 5 nitrogen and oxygen atoms in total. The summed E-state index contributed by atoms with van der Waals surface area (Å²) >= 11 is 6.00. The topological polar surface area (TPSA) is 63.1 Å². The number of amides is 2. The fraction of sp³-hybridized carbons (Fsp3) is 0.120. The van der Waals surface area contributed by atoms with E-state index in [0.29, 0.717) is 22.9 Å². The zero-order chi connectivity index (χ0) is 21.8. The van der Waals surface area contributed by atoms with Crippen LogP contribution in [0.25, 0.3) is 10.9 Å². The predicted octanol–water partition coefficient (Wildman–Crippen LogP) is 5.48. The number of carbonyl (C=O) groups excluding carboxylic acids is 2. The Hall–Kier alpha value is -3.57. The Kier molecular flexibility index (Phi) is 6.05. The molecular formula is C25H22ClN3O2. The maximum Gasteiger partial charge on any atom is 0.228 e. The molecule has 3 aromatic carbocycles. The molecule has 0 atom stereocenters. The molecule has 4 rings (SSSR count). The molecule has 0 saturated heterocycles. The third-order valence-corrected chi connectivity index (χ3v) is 5.23. The van der Waals surface area contributed by atoms with Crippen molar-refractivity contribution in [2.75, 3.05) is 10.6 Å². The Morgan fingerprint density at radius 2 is 1.52 bits per heavy atom. The average Bonchev–Trinajstić information content (AvgIpc) is 3.08. The predicted molar refractivity (Wildman–Crippen MR) is 126 cm³/mol. The van der Waals surface area contributed by atoms with Crippen molar-refractivity contribution in [3.8, 4) is 0 Å². The summed E-state index contributed by atoms with van der Waals surface area (Å²) in [5.74, 6) is -0.228. The largest absolute Gasteiger partial charge is 0.343 e. The molecule has 0 spiro atoms. The summed E-state index contributed by atoms with van der Waals surface area (Å²) in [5.41, 5.74) is 4.57. The van der Waals surface area contributed by atoms with Gasteiger partial charge in [-0.3, -0.25) is 9.59 Å². The summed E-state index contributed by atoms with van der Waals surface area (Å²) in [7, 11) is 0. The second-order valence-corrected chi connectivity index (χ2v) is 7.85. The highest BCUT2D eigenvalue weighted by atomic mass is 35.5. The second-order valence-electron chi connectivity index (χ2n) is 7.41. The van der Waals surface area contributed by atoms with Gasteiger partial charge in [0.2, 0.25) is 11.8 Å². The van der Waals surface area contributed by atoms with E-state index in [1.807, 2.05) is 48.7 Å². The molecule has 0 aliphatic rings. The molecule has 4 aromatic rings. The molecule has 6 heteroatoms. The van der Waals surface area contributed by atoms with E-state index in [4.69, 9.17) is 11.6 Å². The summed E-state index contributed by atoms with van der Waals surface area (Å²) in [4.78, 5) is 23.8. The molecule has 0 unspecified atom stereocenters. The van der Waals surface area contributed by atoms with E-state index in [1.54, 1.807) is 24.3 Å². The first-order chi connectivity index (χ1) is 15.0. The first kappa shape index (κ1) is 20.7. The highest BCUT2D eigenvalue weighted by Crippen LogP contribution is 2.24. The van der Waals surface area contributed by atoms with Crippen LogP contribution in [-0.2, 0) is 22.6 Å². The fourth-order valence-corrected chi connectivity index (χ4v) is 3.73. The summed E-state index contributed by atoms with van der Waals surface area (Å²) < 4.78 is 2.16. The molecule has 0 fully saturated rings. The van der Waals surface area contributed by atoms with Gasteiger partial charge >= 0.3 is 0 Å². The SMILES string of the molecule is CC(=O)Nc1ccc(NC(=O)Cc2cn(Cc3ccc(Cl)cc3)c3ccccc23)cc1. The van der Waals surface area contributed by atoms with Gasteiger partial charge in [-0.15, -0.1) is 0 Å². The van der Waals surface area contributed by atoms with Crippen LogP contribution in [0, 0.1) is 0 Å². The van der Waals surface area contributed by atoms with Crippen LogP contribution in [0.2, 0.25) is 5.02 Å². The van der Waals surface area contributed by atoms with Crippen molar-refractivity contribution in [2.45, 2.75) is 19.9 Å². The van der Waals surface area contributed by atoms with Gasteiger partial charge in [0, 0.05) is 47.0 Å². The maximum absolute atomic E-state index is 12.7. The van der Waals surface area contributed by atoms with E-state index >= 15 is 0 Å². The Bertz CT molecular complexity index is 1230. The summed E-state index contributed by atoms with van der Waals surface area (Å²) in [5, 5.41) is 7.41. The number of anilines is 2. The maximum atomic E-state index is 12.7. The molecule has 0 radical (unpaired) electrons. The van der Waals surface area contributed by atoms with Crippen LogP contribution in [0.1, 0.15) is 18.1 Å². The number of fused-ring (bicyclic) bond motifs is 1. The monoisotopic (exact) mass is 431 g/mol. The number of rotatable bonds is 6. The molecule has 0 bridgehead atoms. The normalized spacial score (nSPS) is 10.8. The van der Waals surface area contributed by atoms with Crippen molar-refractivity contribution in [1.82, 2.24) is 4.57 Å². The molecule has 0 aliphatic carbocycles. The Balaban J connectivity index is 1.50. The highest BCUT2D eigenvalue weighted by molar-refractivity contribution is 6.30. The van der Waals surface area contributed by atoms with Crippen LogP contribution in [-0.4, -0.2) is 16.4 Å². The molecule has 0 saturated carbocycles. The third-order valence-electron chi connectivity index (χ3n) is 4.98. The molecule has 2 amide bonds. The van der Waals surface area contributed by atoms with E-state index in [1.165, 1.54) is 6.92 Å². The molecule has 0 aliphatic heterocycles. The van der Waals surface area contributed by atoms with Crippen LogP contribution in [0.15, 0.2) is 79.0 Å². The Morgan fingerprint density at radius 3 is 2.19 bits per heavy atom. The first-order valence-corrected chi connectivity index (χ1v) is 10.3. The lowest BCUT2D eigenvalue weighted by Gasteiger charge is -2.07. The molecule has 2 N–H and O–H groups in total. The van der Waals surface area contributed by atoms with Crippen LogP contribution < -0.4 is 10.6 Å². The number of benzene rings is 3. The Labute approximate surface area is 185 Å². The fourth-order valence-electron chi connectivity index (χ4n) is 3.60. The van der Waals surface area contributed by atoms with Gasteiger partial charge in [0.05, 0.1) is 6.42 Å². The van der Waals surface area contributed by atoms with Crippen LogP contribution in [0.3, 0.4) is 0 Å². The Morgan fingerprint density at radius 1 is 0.871 bits per heavy atom. The van der Waals surface area contributed by atoms with E-state index in [2.05, 4.69) is 21.3 Å². The van der Waals surface area contributed by atoms with Gasteiger partial charge in [-0.2, -0.15) is 0 Å². The molecule has 1 heterocycles. The van der Waals surface area contributed by atoms with Gasteiger partial charge in [0.1, 0.15) is 0 Å². The van der Waals surface area contributed by atoms with Crippen LogP contribution in [0.5, 0.6) is 0 Å². The zero-order valence-electron chi connectivity index (χ0n) is 17.1. The van der Waals surface area contributed by atoms with Crippen molar-refractivity contribution in [2.24, 2.45) is 0 Å². The van der Waals surface area contributed by atoms with Gasteiger partial charge in [-0.05, 0) is 53.6 Å². The van der Waals surface area contributed by atoms with E-state index < -0.39 is 0 Å². The minimum Gasteiger partial charge on any atom is -0.343 e. The number of hydrogen-bond donors (Lipinski definition) is 2. The number of halogens is 1. The lowest BCUT2D eigenvalue weighted by atomic mass is 10.1. The van der Waals surface area contributed by atoms with Gasteiger partial charge in [-0.1, -0.05) is 41.9 Å². The van der Waals surface area contributed by atoms with E-state index in [0.717, 1.165) is 22.0 Å². The van der Waals surface area contributed by atoms with Gasteiger partial charge in [-0.25, -0.2) is 0 Å². The van der Waals surface area contributed by atoms with Gasteiger partial charge in [0.25, 0.3) is 0 Å². The van der Waals surface area contributed by atoms with Crippen molar-refractivity contribution >= 4 is 45.7 Å². The summed E-state index contributed by atoms with van der Waals surface area (Å²) in [6, 6.07) is 22.9. The molecule has 31 heavy (non-hydrogen) atoms.